The summed E-state index contributed by atoms with van der Waals surface area (Å²) in [6.07, 6.45) is 3.46. The summed E-state index contributed by atoms with van der Waals surface area (Å²) >= 11 is 0. The molecule has 0 spiro atoms. The van der Waals surface area contributed by atoms with E-state index in [0.717, 1.165) is 30.8 Å². The van der Waals surface area contributed by atoms with Gasteiger partial charge in [0.15, 0.2) is 11.6 Å². The third kappa shape index (κ3) is 4.68. The monoisotopic (exact) mass is 409 g/mol. The number of hydrogen-bond donors (Lipinski definition) is 1. The number of carbonyl (C=O) groups is 1. The van der Waals surface area contributed by atoms with Crippen molar-refractivity contribution >= 4 is 5.91 Å². The van der Waals surface area contributed by atoms with E-state index in [1.165, 1.54) is 18.1 Å². The number of carbonyl (C=O) groups excluding carboxylic acids is 1. The maximum Gasteiger partial charge on any atom is 0.257 e. The van der Waals surface area contributed by atoms with Crippen LogP contribution in [0, 0.1) is 5.82 Å². The van der Waals surface area contributed by atoms with Crippen molar-refractivity contribution in [3.05, 3.63) is 83.4 Å². The number of benzene rings is 2. The lowest BCUT2D eigenvalue weighted by Crippen LogP contribution is -3.13. The van der Waals surface area contributed by atoms with Crippen LogP contribution in [-0.2, 0) is 13.1 Å². The zero-order chi connectivity index (χ0) is 20.9. The summed E-state index contributed by atoms with van der Waals surface area (Å²) in [7, 11) is 1.46. The number of nitrogens with zero attached hydrogens (tertiary/aromatic N) is 3. The topological polar surface area (TPSA) is 51.8 Å². The first-order valence-corrected chi connectivity index (χ1v) is 10.1. The van der Waals surface area contributed by atoms with E-state index < -0.39 is 0 Å². The second kappa shape index (κ2) is 9.09. The molecule has 0 unspecified atom stereocenters. The number of nitrogens with one attached hydrogen (secondary N) is 1. The van der Waals surface area contributed by atoms with E-state index in [0.29, 0.717) is 25.2 Å². The zero-order valence-electron chi connectivity index (χ0n) is 17.1. The Kier molecular flexibility index (Phi) is 6.09. The molecule has 6 nitrogen and oxygen atoms in total. The summed E-state index contributed by atoms with van der Waals surface area (Å²) in [6.45, 7) is 4.39. The lowest BCUT2D eigenvalue weighted by atomic mass is 10.1. The summed E-state index contributed by atoms with van der Waals surface area (Å²) in [6, 6.07) is 15.1. The second-order valence-corrected chi connectivity index (χ2v) is 7.60. The maximum absolute atomic E-state index is 13.9. The normalized spacial score (nSPS) is 14.7. The number of aromatic nitrogens is 2. The summed E-state index contributed by atoms with van der Waals surface area (Å²) in [5.74, 6) is -0.0587. The molecule has 2 aromatic carbocycles. The minimum Gasteiger partial charge on any atom is -0.494 e. The van der Waals surface area contributed by atoms with Gasteiger partial charge in [-0.2, -0.15) is 5.10 Å². The van der Waals surface area contributed by atoms with Crippen molar-refractivity contribution in [2.24, 2.45) is 0 Å². The van der Waals surface area contributed by atoms with Crippen LogP contribution >= 0.6 is 0 Å². The average molecular weight is 409 g/mol. The third-order valence-corrected chi connectivity index (χ3v) is 5.50. The minimum atomic E-state index is -0.337. The van der Waals surface area contributed by atoms with Crippen LogP contribution in [0.4, 0.5) is 4.39 Å². The lowest BCUT2D eigenvalue weighted by molar-refractivity contribution is -0.917. The molecule has 0 aliphatic carbocycles. The fourth-order valence-electron chi connectivity index (χ4n) is 3.82. The van der Waals surface area contributed by atoms with E-state index in [1.54, 1.807) is 16.9 Å². The number of hydrogen-bond acceptors (Lipinski definition) is 3. The van der Waals surface area contributed by atoms with Crippen molar-refractivity contribution < 1.29 is 18.8 Å². The average Bonchev–Trinajstić information content (AvgIpc) is 3.23. The predicted octanol–water partition coefficient (Wildman–Crippen LogP) is 1.62. The van der Waals surface area contributed by atoms with Crippen molar-refractivity contribution in [2.75, 3.05) is 33.3 Å². The fraction of sp³-hybridized carbons (Fsp3) is 0.304. The number of rotatable bonds is 6. The zero-order valence-corrected chi connectivity index (χ0v) is 17.1. The molecular formula is C23H26FN4O2+. The summed E-state index contributed by atoms with van der Waals surface area (Å²) in [5.41, 5.74) is 2.70. The Hall–Kier alpha value is -3.19. The Bertz CT molecular complexity index is 997. The first-order chi connectivity index (χ1) is 14.6. The van der Waals surface area contributed by atoms with E-state index in [2.05, 4.69) is 5.10 Å². The highest BCUT2D eigenvalue weighted by Gasteiger charge is 2.25. The van der Waals surface area contributed by atoms with Crippen molar-refractivity contribution in [3.8, 4) is 5.75 Å². The predicted molar refractivity (Wildman–Crippen MR) is 111 cm³/mol. The molecule has 30 heavy (non-hydrogen) atoms. The number of ether oxygens (including phenoxy) is 1. The van der Waals surface area contributed by atoms with Crippen LogP contribution in [0.1, 0.15) is 21.5 Å². The molecule has 0 atom stereocenters. The number of piperazine rings is 1. The molecule has 1 saturated heterocycles. The van der Waals surface area contributed by atoms with Gasteiger partial charge in [0.05, 0.1) is 51.6 Å². The molecule has 1 amide bonds. The van der Waals surface area contributed by atoms with Crippen molar-refractivity contribution in [3.63, 3.8) is 0 Å². The first-order valence-electron chi connectivity index (χ1n) is 10.1. The number of quaternary nitrogens is 1. The van der Waals surface area contributed by atoms with Crippen molar-refractivity contribution in [2.45, 2.75) is 13.1 Å². The Morgan fingerprint density at radius 2 is 1.90 bits per heavy atom. The van der Waals surface area contributed by atoms with Crippen LogP contribution in [0.15, 0.2) is 60.9 Å². The molecule has 1 N–H and O–H groups in total. The van der Waals surface area contributed by atoms with Gasteiger partial charge in [0.25, 0.3) is 5.91 Å². The molecule has 0 radical (unpaired) electrons. The number of amides is 1. The Labute approximate surface area is 175 Å². The van der Waals surface area contributed by atoms with Gasteiger partial charge < -0.3 is 14.5 Å². The van der Waals surface area contributed by atoms with Crippen LogP contribution in [0.25, 0.3) is 0 Å². The van der Waals surface area contributed by atoms with Crippen molar-refractivity contribution in [1.29, 1.82) is 0 Å². The Balaban J connectivity index is 1.31. The van der Waals surface area contributed by atoms with Crippen LogP contribution in [0.5, 0.6) is 5.75 Å². The highest BCUT2D eigenvalue weighted by atomic mass is 19.1. The summed E-state index contributed by atoms with van der Waals surface area (Å²) < 4.78 is 20.7. The largest absolute Gasteiger partial charge is 0.494 e. The number of halogens is 1. The van der Waals surface area contributed by atoms with Crippen molar-refractivity contribution in [1.82, 2.24) is 14.7 Å². The van der Waals surface area contributed by atoms with E-state index in [9.17, 15) is 9.18 Å². The fourth-order valence-corrected chi connectivity index (χ4v) is 3.82. The molecule has 1 fully saturated rings. The molecule has 0 bridgehead atoms. The van der Waals surface area contributed by atoms with Crippen LogP contribution in [-0.4, -0.2) is 53.9 Å². The lowest BCUT2D eigenvalue weighted by Gasteiger charge is -2.32. The molecule has 3 aromatic rings. The third-order valence-electron chi connectivity index (χ3n) is 5.50. The highest BCUT2D eigenvalue weighted by Crippen LogP contribution is 2.17. The van der Waals surface area contributed by atoms with Gasteiger partial charge in [-0.05, 0) is 23.8 Å². The van der Waals surface area contributed by atoms with Gasteiger partial charge in [-0.15, -0.1) is 0 Å². The van der Waals surface area contributed by atoms with Gasteiger partial charge in [0.2, 0.25) is 0 Å². The summed E-state index contributed by atoms with van der Waals surface area (Å²) in [4.78, 5) is 16.1. The van der Waals surface area contributed by atoms with Crippen LogP contribution < -0.4 is 9.64 Å². The molecule has 7 heteroatoms. The van der Waals surface area contributed by atoms with E-state index in [1.807, 2.05) is 47.5 Å². The quantitative estimate of drug-likeness (QED) is 0.673. The van der Waals surface area contributed by atoms with Crippen LogP contribution in [0.3, 0.4) is 0 Å². The smallest absolute Gasteiger partial charge is 0.257 e. The second-order valence-electron chi connectivity index (χ2n) is 7.60. The SMILES string of the molecule is COc1ccc(C[NH+]2CCN(C(=O)c3cnn(Cc4ccccc4)c3)CC2)cc1F. The molecule has 2 heterocycles. The van der Waals surface area contributed by atoms with Gasteiger partial charge in [0.1, 0.15) is 6.54 Å². The van der Waals surface area contributed by atoms with Gasteiger partial charge in [-0.1, -0.05) is 30.3 Å². The standard InChI is InChI=1S/C23H25FN4O2/c1-30-22-8-7-19(13-21(22)24)15-26-9-11-27(12-10-26)23(29)20-14-25-28(17-20)16-18-5-3-2-4-6-18/h2-8,13-14,17H,9-12,15-16H2,1H3/p+1. The van der Waals surface area contributed by atoms with E-state index in [4.69, 9.17) is 4.74 Å². The molecule has 156 valence electrons. The number of methoxy groups -OCH3 is 1. The highest BCUT2D eigenvalue weighted by molar-refractivity contribution is 5.93. The van der Waals surface area contributed by atoms with Crippen LogP contribution in [0.2, 0.25) is 0 Å². The molecule has 1 aromatic heterocycles. The first kappa shape index (κ1) is 20.1. The molecule has 1 aliphatic heterocycles. The van der Waals surface area contributed by atoms with Gasteiger partial charge in [0, 0.05) is 11.8 Å². The molecule has 4 rings (SSSR count). The summed E-state index contributed by atoms with van der Waals surface area (Å²) in [5, 5.41) is 4.34. The Morgan fingerprint density at radius 3 is 2.60 bits per heavy atom. The van der Waals surface area contributed by atoms with E-state index >= 15 is 0 Å². The van der Waals surface area contributed by atoms with Gasteiger partial charge >= 0.3 is 0 Å². The van der Waals surface area contributed by atoms with Gasteiger partial charge in [-0.25, -0.2) is 4.39 Å². The molecule has 0 saturated carbocycles. The van der Waals surface area contributed by atoms with Gasteiger partial charge in [-0.3, -0.25) is 9.48 Å². The molecular weight excluding hydrogens is 383 g/mol. The maximum atomic E-state index is 13.9. The minimum absolute atomic E-state index is 0.0175. The Morgan fingerprint density at radius 1 is 1.13 bits per heavy atom. The van der Waals surface area contributed by atoms with E-state index in [-0.39, 0.29) is 17.5 Å². The molecule has 1 aliphatic rings.